The largest absolute Gasteiger partial charge is 0.321 e. The van der Waals surface area contributed by atoms with Gasteiger partial charge in [0.2, 0.25) is 15.9 Å². The van der Waals surface area contributed by atoms with E-state index in [1.165, 1.54) is 4.31 Å². The molecule has 2 aromatic rings. The van der Waals surface area contributed by atoms with E-state index in [0.717, 1.165) is 5.56 Å². The minimum absolute atomic E-state index is 0.150. The van der Waals surface area contributed by atoms with Gasteiger partial charge in [0.05, 0.1) is 10.8 Å². The lowest BCUT2D eigenvalue weighted by Crippen LogP contribution is -2.43. The van der Waals surface area contributed by atoms with Crippen molar-refractivity contribution in [2.45, 2.75) is 24.7 Å². The summed E-state index contributed by atoms with van der Waals surface area (Å²) in [7, 11) is -3.57. The summed E-state index contributed by atoms with van der Waals surface area (Å²) in [5, 5.41) is 2.84. The van der Waals surface area contributed by atoms with E-state index >= 15 is 0 Å². The van der Waals surface area contributed by atoms with Crippen LogP contribution < -0.4 is 10.3 Å². The van der Waals surface area contributed by atoms with Gasteiger partial charge in [-0.15, -0.1) is 0 Å². The van der Waals surface area contributed by atoms with Crippen molar-refractivity contribution in [3.8, 4) is 0 Å². The van der Waals surface area contributed by atoms with Crippen LogP contribution in [0, 0.1) is 12.8 Å². The number of carbonyl (C=O) groups excluding carboxylic acids is 1. The number of aromatic amines is 1. The van der Waals surface area contributed by atoms with Crippen molar-refractivity contribution >= 4 is 21.6 Å². The number of piperidine rings is 1. The molecule has 0 aliphatic carbocycles. The first-order valence-corrected chi connectivity index (χ1v) is 9.74. The number of sulfonamides is 1. The van der Waals surface area contributed by atoms with Crippen molar-refractivity contribution in [1.82, 2.24) is 4.31 Å². The predicted molar refractivity (Wildman–Crippen MR) is 94.3 cm³/mol. The van der Waals surface area contributed by atoms with Crippen molar-refractivity contribution in [2.24, 2.45) is 5.92 Å². The molecule has 7 heteroatoms. The van der Waals surface area contributed by atoms with Crippen molar-refractivity contribution in [3.63, 3.8) is 0 Å². The molecule has 3 rings (SSSR count). The third kappa shape index (κ3) is 4.05. The highest BCUT2D eigenvalue weighted by atomic mass is 32.2. The number of nitrogens with one attached hydrogen (secondary N) is 2. The van der Waals surface area contributed by atoms with Gasteiger partial charge in [-0.25, -0.2) is 13.4 Å². The Morgan fingerprint density at radius 1 is 1.24 bits per heavy atom. The van der Waals surface area contributed by atoms with Gasteiger partial charge in [0.25, 0.3) is 0 Å². The first-order valence-electron chi connectivity index (χ1n) is 8.30. The quantitative estimate of drug-likeness (QED) is 0.903. The summed E-state index contributed by atoms with van der Waals surface area (Å²) >= 11 is 0. The van der Waals surface area contributed by atoms with Crippen molar-refractivity contribution in [3.05, 3.63) is 54.4 Å². The van der Waals surface area contributed by atoms with Gasteiger partial charge in [0, 0.05) is 19.2 Å². The molecule has 132 valence electrons. The highest BCUT2D eigenvalue weighted by Gasteiger charge is 2.33. The van der Waals surface area contributed by atoms with E-state index < -0.39 is 10.0 Å². The average Bonchev–Trinajstić information content (AvgIpc) is 2.63. The molecule has 0 saturated carbocycles. The Morgan fingerprint density at radius 3 is 2.68 bits per heavy atom. The van der Waals surface area contributed by atoms with Gasteiger partial charge in [0.15, 0.2) is 12.4 Å². The molecule has 2 N–H and O–H groups in total. The number of H-pyrrole nitrogens is 1. The molecule has 0 radical (unpaired) electrons. The molecule has 1 fully saturated rings. The first kappa shape index (κ1) is 17.6. The van der Waals surface area contributed by atoms with E-state index in [2.05, 4.69) is 10.3 Å². The number of pyridine rings is 1. The van der Waals surface area contributed by atoms with Crippen LogP contribution in [0.1, 0.15) is 18.4 Å². The van der Waals surface area contributed by atoms with E-state index in [1.54, 1.807) is 48.8 Å². The molecule has 1 aromatic carbocycles. The van der Waals surface area contributed by atoms with Crippen LogP contribution in [-0.2, 0) is 14.8 Å². The zero-order valence-corrected chi connectivity index (χ0v) is 14.9. The van der Waals surface area contributed by atoms with Crippen LogP contribution >= 0.6 is 0 Å². The molecular weight excluding hydrogens is 338 g/mol. The maximum Gasteiger partial charge on any atom is 0.243 e. The van der Waals surface area contributed by atoms with Gasteiger partial charge in [-0.2, -0.15) is 4.31 Å². The molecule has 6 nitrogen and oxygen atoms in total. The van der Waals surface area contributed by atoms with Crippen LogP contribution in [0.5, 0.6) is 0 Å². The number of benzene rings is 1. The molecular formula is C18H22N3O3S+. The molecule has 1 amide bonds. The second-order valence-corrected chi connectivity index (χ2v) is 8.23. The average molecular weight is 360 g/mol. The summed E-state index contributed by atoms with van der Waals surface area (Å²) in [5.74, 6) is -0.502. The fraction of sp³-hybridized carbons (Fsp3) is 0.333. The van der Waals surface area contributed by atoms with Gasteiger partial charge in [-0.05, 0) is 38.0 Å². The SMILES string of the molecule is Cc1ccc(S(=O)(=O)N2CCCC(C(=O)Nc3ccc[nH+]c3)C2)cc1. The fourth-order valence-corrected chi connectivity index (χ4v) is 4.47. The number of aromatic nitrogens is 1. The Hall–Kier alpha value is -2.25. The molecule has 0 spiro atoms. The van der Waals surface area contributed by atoms with E-state index in [-0.39, 0.29) is 23.3 Å². The normalized spacial score (nSPS) is 18.7. The molecule has 2 heterocycles. The van der Waals surface area contributed by atoms with Crippen LogP contribution in [0.2, 0.25) is 0 Å². The minimum Gasteiger partial charge on any atom is -0.321 e. The van der Waals surface area contributed by atoms with Gasteiger partial charge < -0.3 is 5.32 Å². The highest BCUT2D eigenvalue weighted by Crippen LogP contribution is 2.24. The number of anilines is 1. The summed E-state index contributed by atoms with van der Waals surface area (Å²) in [5.41, 5.74) is 1.68. The van der Waals surface area contributed by atoms with Crippen molar-refractivity contribution in [2.75, 3.05) is 18.4 Å². The summed E-state index contributed by atoms with van der Waals surface area (Å²) in [4.78, 5) is 15.7. The monoisotopic (exact) mass is 360 g/mol. The molecule has 1 aliphatic rings. The fourth-order valence-electron chi connectivity index (χ4n) is 2.95. The maximum atomic E-state index is 12.8. The number of hydrogen-bond acceptors (Lipinski definition) is 3. The minimum atomic E-state index is -3.57. The summed E-state index contributed by atoms with van der Waals surface area (Å²) in [6.45, 7) is 2.57. The zero-order valence-electron chi connectivity index (χ0n) is 14.1. The molecule has 0 bridgehead atoms. The Balaban J connectivity index is 1.72. The Labute approximate surface area is 147 Å². The first-order chi connectivity index (χ1) is 12.0. The number of nitrogens with zero attached hydrogens (tertiary/aromatic N) is 1. The molecule has 1 aliphatic heterocycles. The lowest BCUT2D eigenvalue weighted by molar-refractivity contribution is -0.377. The lowest BCUT2D eigenvalue weighted by Gasteiger charge is -2.31. The number of hydrogen-bond donors (Lipinski definition) is 1. The molecule has 1 atom stereocenters. The second-order valence-electron chi connectivity index (χ2n) is 6.30. The van der Waals surface area contributed by atoms with Crippen LogP contribution in [0.25, 0.3) is 0 Å². The summed E-state index contributed by atoms with van der Waals surface area (Å²) in [6.07, 6.45) is 4.81. The number of carbonyl (C=O) groups is 1. The number of aryl methyl sites for hydroxylation is 1. The molecule has 1 saturated heterocycles. The van der Waals surface area contributed by atoms with Gasteiger partial charge in [-0.1, -0.05) is 17.7 Å². The Morgan fingerprint density at radius 2 is 2.00 bits per heavy atom. The van der Waals surface area contributed by atoms with Crippen molar-refractivity contribution < 1.29 is 18.2 Å². The number of amides is 1. The Kier molecular flexibility index (Phi) is 5.15. The van der Waals surface area contributed by atoms with Crippen LogP contribution in [0.15, 0.2) is 53.7 Å². The maximum absolute atomic E-state index is 12.8. The molecule has 1 aromatic heterocycles. The second kappa shape index (κ2) is 7.33. The standard InChI is InChI=1S/C18H21N3O3S/c1-14-6-8-17(9-7-14)25(23,24)21-11-3-4-15(13-21)18(22)20-16-5-2-10-19-12-16/h2,5-10,12,15H,3-4,11,13H2,1H3,(H,20,22)/p+1. The molecule has 1 unspecified atom stereocenters. The highest BCUT2D eigenvalue weighted by molar-refractivity contribution is 7.89. The third-order valence-electron chi connectivity index (χ3n) is 4.39. The lowest BCUT2D eigenvalue weighted by atomic mass is 9.99. The number of rotatable bonds is 4. The van der Waals surface area contributed by atoms with Crippen molar-refractivity contribution in [1.29, 1.82) is 0 Å². The topological polar surface area (TPSA) is 80.6 Å². The van der Waals surface area contributed by atoms with Gasteiger partial charge in [-0.3, -0.25) is 4.79 Å². The smallest absolute Gasteiger partial charge is 0.243 e. The van der Waals surface area contributed by atoms with Crippen LogP contribution in [0.3, 0.4) is 0 Å². The van der Waals surface area contributed by atoms with Crippen LogP contribution in [-0.4, -0.2) is 31.7 Å². The van der Waals surface area contributed by atoms with E-state index in [9.17, 15) is 13.2 Å². The van der Waals surface area contributed by atoms with Crippen LogP contribution in [0.4, 0.5) is 5.69 Å². The van der Waals surface area contributed by atoms with Gasteiger partial charge >= 0.3 is 0 Å². The van der Waals surface area contributed by atoms with Gasteiger partial charge in [0.1, 0.15) is 5.69 Å². The van der Waals surface area contributed by atoms with E-state index in [1.807, 2.05) is 6.92 Å². The third-order valence-corrected chi connectivity index (χ3v) is 6.27. The summed E-state index contributed by atoms with van der Waals surface area (Å²) in [6, 6.07) is 10.4. The predicted octanol–water partition coefficient (Wildman–Crippen LogP) is 1.85. The van der Waals surface area contributed by atoms with E-state index in [0.29, 0.717) is 25.1 Å². The van der Waals surface area contributed by atoms with E-state index in [4.69, 9.17) is 0 Å². The summed E-state index contributed by atoms with van der Waals surface area (Å²) < 4.78 is 27.0. The Bertz CT molecular complexity index is 836. The zero-order chi connectivity index (χ0) is 17.9. The molecule has 25 heavy (non-hydrogen) atoms.